The van der Waals surface area contributed by atoms with Crippen molar-refractivity contribution in [2.45, 2.75) is 90.6 Å². The van der Waals surface area contributed by atoms with Crippen LogP contribution in [0.2, 0.25) is 0 Å². The Morgan fingerprint density at radius 1 is 0.730 bits per heavy atom. The molecule has 0 spiro atoms. The van der Waals surface area contributed by atoms with E-state index in [0.717, 1.165) is 41.5 Å². The lowest BCUT2D eigenvalue weighted by Crippen LogP contribution is -2.11. The summed E-state index contributed by atoms with van der Waals surface area (Å²) in [4.78, 5) is 13.1. The molecule has 3 aromatic carbocycles. The van der Waals surface area contributed by atoms with Gasteiger partial charge in [-0.15, -0.1) is 0 Å². The Balaban J connectivity index is 1.66. The van der Waals surface area contributed by atoms with E-state index >= 15 is 0 Å². The number of hydrogen-bond donors (Lipinski definition) is 0. The van der Waals surface area contributed by atoms with Crippen molar-refractivity contribution in [2.75, 3.05) is 7.11 Å². The first-order valence-electron chi connectivity index (χ1n) is 14.1. The summed E-state index contributed by atoms with van der Waals surface area (Å²) in [5.74, 6) is 0.813. The molecule has 37 heavy (non-hydrogen) atoms. The minimum Gasteiger partial charge on any atom is -0.423 e. The molecule has 0 saturated heterocycles. The summed E-state index contributed by atoms with van der Waals surface area (Å²) in [6, 6.07) is 24.1. The van der Waals surface area contributed by atoms with E-state index in [1.165, 1.54) is 38.5 Å². The number of ether oxygens (including phenoxy) is 2. The van der Waals surface area contributed by atoms with Gasteiger partial charge in [0.1, 0.15) is 5.75 Å². The molecule has 3 aromatic rings. The Labute approximate surface area is 224 Å². The molecule has 0 N–H and O–H groups in total. The van der Waals surface area contributed by atoms with E-state index in [4.69, 9.17) is 9.47 Å². The minimum absolute atomic E-state index is 0.0665. The van der Waals surface area contributed by atoms with E-state index in [2.05, 4.69) is 50.2 Å². The van der Waals surface area contributed by atoms with Gasteiger partial charge in [0, 0.05) is 7.11 Å². The number of methoxy groups -OCH3 is 1. The number of unbranched alkanes of at least 4 members (excludes halogenated alkanes) is 5. The summed E-state index contributed by atoms with van der Waals surface area (Å²) in [6.07, 6.45) is 11.2. The third kappa shape index (κ3) is 8.57. The Kier molecular flexibility index (Phi) is 11.9. The Hall–Kier alpha value is -2.91. The van der Waals surface area contributed by atoms with Crippen molar-refractivity contribution in [3.8, 4) is 16.9 Å². The second kappa shape index (κ2) is 15.4. The van der Waals surface area contributed by atoms with Crippen LogP contribution in [-0.4, -0.2) is 13.1 Å². The zero-order valence-electron chi connectivity index (χ0n) is 23.2. The van der Waals surface area contributed by atoms with E-state index in [-0.39, 0.29) is 12.1 Å². The Bertz CT molecular complexity index is 1070. The van der Waals surface area contributed by atoms with E-state index in [1.54, 1.807) is 7.11 Å². The van der Waals surface area contributed by atoms with Gasteiger partial charge < -0.3 is 9.47 Å². The molecule has 0 fully saturated rings. The predicted octanol–water partition coefficient (Wildman–Crippen LogP) is 9.91. The largest absolute Gasteiger partial charge is 0.423 e. The number of rotatable bonds is 15. The first kappa shape index (κ1) is 28.7. The highest BCUT2D eigenvalue weighted by Gasteiger charge is 2.18. The molecule has 3 rings (SSSR count). The van der Waals surface area contributed by atoms with Crippen LogP contribution in [0.25, 0.3) is 11.1 Å². The van der Waals surface area contributed by atoms with Crippen LogP contribution in [0.15, 0.2) is 72.8 Å². The smallest absolute Gasteiger partial charge is 0.343 e. The molecule has 0 radical (unpaired) electrons. The summed E-state index contributed by atoms with van der Waals surface area (Å²) < 4.78 is 11.4. The van der Waals surface area contributed by atoms with Crippen LogP contribution in [0, 0.1) is 0 Å². The molecule has 3 heteroatoms. The fourth-order valence-electron chi connectivity index (χ4n) is 4.93. The number of para-hydroxylation sites is 1. The predicted molar refractivity (Wildman–Crippen MR) is 154 cm³/mol. The van der Waals surface area contributed by atoms with Crippen LogP contribution in [-0.2, 0) is 4.74 Å². The minimum atomic E-state index is -0.307. The summed E-state index contributed by atoms with van der Waals surface area (Å²) in [7, 11) is 1.72. The topological polar surface area (TPSA) is 35.5 Å². The molecule has 2 unspecified atom stereocenters. The fraction of sp³-hybridized carbons (Fsp3) is 0.441. The Morgan fingerprint density at radius 3 is 2.00 bits per heavy atom. The van der Waals surface area contributed by atoms with Crippen molar-refractivity contribution in [1.29, 1.82) is 0 Å². The molecule has 0 aliphatic heterocycles. The summed E-state index contributed by atoms with van der Waals surface area (Å²) in [5, 5.41) is 0. The first-order valence-corrected chi connectivity index (χ1v) is 14.1. The van der Waals surface area contributed by atoms with Crippen molar-refractivity contribution >= 4 is 5.97 Å². The number of carbonyl (C=O) groups is 1. The van der Waals surface area contributed by atoms with E-state index in [9.17, 15) is 4.79 Å². The maximum Gasteiger partial charge on any atom is 0.343 e. The molecular formula is C34H44O3. The van der Waals surface area contributed by atoms with Crippen LogP contribution >= 0.6 is 0 Å². The highest BCUT2D eigenvalue weighted by molar-refractivity contribution is 5.91. The monoisotopic (exact) mass is 500 g/mol. The lowest BCUT2D eigenvalue weighted by molar-refractivity contribution is 0.0732. The molecule has 0 saturated carbocycles. The van der Waals surface area contributed by atoms with Gasteiger partial charge >= 0.3 is 5.97 Å². The zero-order valence-corrected chi connectivity index (χ0v) is 23.2. The van der Waals surface area contributed by atoms with Gasteiger partial charge in [-0.05, 0) is 66.1 Å². The van der Waals surface area contributed by atoms with Gasteiger partial charge in [-0.1, -0.05) is 113 Å². The molecule has 198 valence electrons. The lowest BCUT2D eigenvalue weighted by atomic mass is 9.88. The number of carbonyl (C=O) groups excluding carboxylic acids is 1. The Morgan fingerprint density at radius 2 is 1.35 bits per heavy atom. The quantitative estimate of drug-likeness (QED) is 0.118. The van der Waals surface area contributed by atoms with Gasteiger partial charge in [0.2, 0.25) is 0 Å². The van der Waals surface area contributed by atoms with Crippen molar-refractivity contribution in [2.24, 2.45) is 0 Å². The fourth-order valence-corrected chi connectivity index (χ4v) is 4.93. The molecule has 3 nitrogen and oxygen atoms in total. The lowest BCUT2D eigenvalue weighted by Gasteiger charge is -2.20. The van der Waals surface area contributed by atoms with Crippen molar-refractivity contribution in [1.82, 2.24) is 0 Å². The third-order valence-electron chi connectivity index (χ3n) is 7.29. The summed E-state index contributed by atoms with van der Waals surface area (Å²) >= 11 is 0. The van der Waals surface area contributed by atoms with Crippen LogP contribution in [0.1, 0.15) is 112 Å². The molecule has 0 aliphatic rings. The van der Waals surface area contributed by atoms with Crippen LogP contribution in [0.5, 0.6) is 5.75 Å². The number of esters is 1. The second-order valence-electron chi connectivity index (χ2n) is 10.0. The zero-order chi connectivity index (χ0) is 26.5. The third-order valence-corrected chi connectivity index (χ3v) is 7.29. The maximum absolute atomic E-state index is 13.1. The standard InChI is InChI=1S/C34H44O3/c1-5-7-8-9-10-11-15-30(14-6-2)32-16-12-13-17-33(32)37-34(35)31-24-22-29(23-25-31)28-20-18-27(19-21-28)26(3)36-4/h12-13,16-26,30H,5-11,14-15H2,1-4H3. The van der Waals surface area contributed by atoms with E-state index < -0.39 is 0 Å². The second-order valence-corrected chi connectivity index (χ2v) is 10.0. The van der Waals surface area contributed by atoms with Gasteiger partial charge in [-0.2, -0.15) is 0 Å². The summed E-state index contributed by atoms with van der Waals surface area (Å²) in [6.45, 7) is 6.52. The molecule has 0 amide bonds. The average molecular weight is 501 g/mol. The van der Waals surface area contributed by atoms with Gasteiger partial charge in [-0.3, -0.25) is 0 Å². The average Bonchev–Trinajstić information content (AvgIpc) is 2.94. The molecule has 0 aromatic heterocycles. The van der Waals surface area contributed by atoms with Crippen LogP contribution in [0.3, 0.4) is 0 Å². The highest BCUT2D eigenvalue weighted by atomic mass is 16.5. The van der Waals surface area contributed by atoms with Gasteiger partial charge in [-0.25, -0.2) is 4.79 Å². The maximum atomic E-state index is 13.1. The molecule has 0 aliphatic carbocycles. The van der Waals surface area contributed by atoms with Gasteiger partial charge in [0.25, 0.3) is 0 Å². The van der Waals surface area contributed by atoms with E-state index in [1.807, 2.05) is 43.3 Å². The molecule has 2 atom stereocenters. The SMILES string of the molecule is CCCCCCCCC(CCC)c1ccccc1OC(=O)c1ccc(-c2ccc(C(C)OC)cc2)cc1. The van der Waals surface area contributed by atoms with Crippen molar-refractivity contribution < 1.29 is 14.3 Å². The van der Waals surface area contributed by atoms with Gasteiger partial charge in [0.15, 0.2) is 0 Å². The van der Waals surface area contributed by atoms with Crippen molar-refractivity contribution in [3.05, 3.63) is 89.5 Å². The molecule has 0 bridgehead atoms. The number of benzene rings is 3. The summed E-state index contributed by atoms with van der Waals surface area (Å²) in [5.41, 5.74) is 5.03. The van der Waals surface area contributed by atoms with Crippen molar-refractivity contribution in [3.63, 3.8) is 0 Å². The van der Waals surface area contributed by atoms with E-state index in [0.29, 0.717) is 17.2 Å². The normalized spacial score (nSPS) is 12.8. The first-order chi connectivity index (χ1) is 18.1. The van der Waals surface area contributed by atoms with Crippen LogP contribution in [0.4, 0.5) is 0 Å². The molecular weight excluding hydrogens is 456 g/mol. The molecule has 0 heterocycles. The van der Waals surface area contributed by atoms with Gasteiger partial charge in [0.05, 0.1) is 11.7 Å². The number of hydrogen-bond acceptors (Lipinski definition) is 3. The highest BCUT2D eigenvalue weighted by Crippen LogP contribution is 2.34. The van der Waals surface area contributed by atoms with Crippen LogP contribution < -0.4 is 4.74 Å².